The molecule has 2 aliphatic heterocycles. The Balaban J connectivity index is 0.997. The number of fused-ring (bicyclic) bond motifs is 16. The minimum Gasteiger partial charge on any atom is -0.456 e. The number of furan rings is 3. The predicted octanol–water partition coefficient (Wildman–Crippen LogP) is 20.7. The number of aromatic nitrogens is 1. The Morgan fingerprint density at radius 3 is 1.39 bits per heavy atom. The monoisotopic (exact) mass is 1120 g/mol. The van der Waals surface area contributed by atoms with Gasteiger partial charge in [-0.15, -0.1) is 0 Å². The number of rotatable bonds is 6. The maximum absolute atomic E-state index is 7.19. The van der Waals surface area contributed by atoms with Gasteiger partial charge in [0.15, 0.2) is 0 Å². The summed E-state index contributed by atoms with van der Waals surface area (Å²) in [5.41, 5.74) is 27.8. The van der Waals surface area contributed by atoms with E-state index in [-0.39, 0.29) is 12.1 Å². The van der Waals surface area contributed by atoms with Gasteiger partial charge in [0.25, 0.3) is 6.71 Å². The highest BCUT2D eigenvalue weighted by Gasteiger charge is 2.44. The number of benzene rings is 13. The molecule has 19 rings (SSSR count). The van der Waals surface area contributed by atoms with Crippen molar-refractivity contribution in [3.8, 4) is 61.3 Å². The molecule has 0 saturated heterocycles. The minimum atomic E-state index is -0.228. The molecule has 0 N–H and O–H groups in total. The van der Waals surface area contributed by atoms with E-state index in [9.17, 15) is 0 Å². The summed E-state index contributed by atoms with van der Waals surface area (Å²) in [5.74, 6) is 0. The molecular weight excluding hydrogens is 1070 g/mol. The molecule has 4 aromatic heterocycles. The highest BCUT2D eigenvalue weighted by Crippen LogP contribution is 2.53. The predicted molar refractivity (Wildman–Crippen MR) is 368 cm³/mol. The van der Waals surface area contributed by atoms with Gasteiger partial charge in [-0.25, -0.2) is 0 Å². The first-order valence-electron chi connectivity index (χ1n) is 30.5. The summed E-state index contributed by atoms with van der Waals surface area (Å²) in [7, 11) is 0. The number of nitrogens with zero attached hydrogens (tertiary/aromatic N) is 2. The van der Waals surface area contributed by atoms with Gasteiger partial charge in [-0.2, -0.15) is 0 Å². The van der Waals surface area contributed by atoms with E-state index in [0.29, 0.717) is 0 Å². The van der Waals surface area contributed by atoms with E-state index in [1.165, 1.54) is 49.4 Å². The highest BCUT2D eigenvalue weighted by molar-refractivity contribution is 7.00. The second-order valence-corrected chi connectivity index (χ2v) is 25.1. The van der Waals surface area contributed by atoms with E-state index in [4.69, 9.17) is 13.3 Å². The van der Waals surface area contributed by atoms with Gasteiger partial charge in [0.05, 0.1) is 11.2 Å². The Labute approximate surface area is 507 Å². The largest absolute Gasteiger partial charge is 0.456 e. The molecule has 0 saturated carbocycles. The van der Waals surface area contributed by atoms with Crippen molar-refractivity contribution < 1.29 is 13.3 Å². The number of hydrogen-bond acceptors (Lipinski definition) is 4. The first-order valence-corrected chi connectivity index (χ1v) is 30.5. The molecule has 6 heteroatoms. The van der Waals surface area contributed by atoms with Gasteiger partial charge < -0.3 is 22.7 Å². The Kier molecular flexibility index (Phi) is 10.2. The van der Waals surface area contributed by atoms with Gasteiger partial charge in [-0.05, 0) is 145 Å². The fourth-order valence-corrected chi connectivity index (χ4v) is 14.9. The van der Waals surface area contributed by atoms with Crippen LogP contribution in [0.5, 0.6) is 0 Å². The van der Waals surface area contributed by atoms with E-state index >= 15 is 0 Å². The molecule has 6 heterocycles. The molecule has 88 heavy (non-hydrogen) atoms. The molecule has 0 aliphatic carbocycles. The molecule has 0 amide bonds. The molecule has 5 nitrogen and oxygen atoms in total. The molecule has 13 aromatic carbocycles. The van der Waals surface area contributed by atoms with Crippen molar-refractivity contribution in [2.75, 3.05) is 4.90 Å². The van der Waals surface area contributed by atoms with E-state index < -0.39 is 0 Å². The van der Waals surface area contributed by atoms with Gasteiger partial charge in [0.2, 0.25) is 0 Å². The van der Waals surface area contributed by atoms with Crippen molar-refractivity contribution in [3.63, 3.8) is 0 Å². The molecule has 2 aliphatic rings. The first kappa shape index (κ1) is 49.2. The second-order valence-electron chi connectivity index (χ2n) is 25.1. The van der Waals surface area contributed by atoms with Crippen LogP contribution in [-0.4, -0.2) is 11.3 Å². The molecule has 412 valence electrons. The molecular formula is C82H53BN2O3. The summed E-state index contributed by atoms with van der Waals surface area (Å²) in [6, 6.07) is 98.5. The van der Waals surface area contributed by atoms with Crippen molar-refractivity contribution in [1.82, 2.24) is 4.57 Å². The Morgan fingerprint density at radius 2 is 0.773 bits per heavy atom. The van der Waals surface area contributed by atoms with Crippen LogP contribution in [0.1, 0.15) is 26.3 Å². The summed E-state index contributed by atoms with van der Waals surface area (Å²) in [5, 5.41) is 8.85. The van der Waals surface area contributed by atoms with Crippen molar-refractivity contribution in [2.45, 2.75) is 26.2 Å². The van der Waals surface area contributed by atoms with Crippen molar-refractivity contribution in [2.24, 2.45) is 0 Å². The maximum atomic E-state index is 7.19. The van der Waals surface area contributed by atoms with Crippen molar-refractivity contribution >= 4 is 128 Å². The van der Waals surface area contributed by atoms with Gasteiger partial charge >= 0.3 is 0 Å². The number of hydrogen-bond donors (Lipinski definition) is 0. The summed E-state index contributed by atoms with van der Waals surface area (Å²) in [4.78, 5) is 2.66. The molecule has 0 atom stereocenters. The lowest BCUT2D eigenvalue weighted by Gasteiger charge is -2.42. The van der Waals surface area contributed by atoms with Crippen LogP contribution in [0.4, 0.5) is 17.1 Å². The average Bonchev–Trinajstić information content (AvgIpc) is 1.97. The molecule has 0 bridgehead atoms. The third kappa shape index (κ3) is 7.17. The molecule has 0 fully saturated rings. The fraction of sp³-hybridized carbons (Fsp3) is 0.0488. The van der Waals surface area contributed by atoms with Crippen LogP contribution in [0.15, 0.2) is 280 Å². The zero-order valence-electron chi connectivity index (χ0n) is 48.6. The summed E-state index contributed by atoms with van der Waals surface area (Å²) in [6.07, 6.45) is 0. The number of anilines is 3. The lowest BCUT2D eigenvalue weighted by atomic mass is 9.33. The van der Waals surface area contributed by atoms with Crippen LogP contribution < -0.4 is 21.3 Å². The first-order chi connectivity index (χ1) is 43.2. The van der Waals surface area contributed by atoms with Crippen LogP contribution in [-0.2, 0) is 5.41 Å². The van der Waals surface area contributed by atoms with Gasteiger partial charge in [-0.3, -0.25) is 0 Å². The van der Waals surface area contributed by atoms with Gasteiger partial charge in [-0.1, -0.05) is 203 Å². The van der Waals surface area contributed by atoms with E-state index in [1.54, 1.807) is 0 Å². The van der Waals surface area contributed by atoms with E-state index in [0.717, 1.165) is 139 Å². The normalized spacial score (nSPS) is 12.9. The summed E-state index contributed by atoms with van der Waals surface area (Å²) >= 11 is 0. The summed E-state index contributed by atoms with van der Waals surface area (Å²) < 4.78 is 23.1. The van der Waals surface area contributed by atoms with Crippen LogP contribution in [0.2, 0.25) is 0 Å². The zero-order chi connectivity index (χ0) is 58.1. The zero-order valence-corrected chi connectivity index (χ0v) is 48.6. The van der Waals surface area contributed by atoms with Crippen molar-refractivity contribution in [1.29, 1.82) is 0 Å². The average molecular weight is 1130 g/mol. The van der Waals surface area contributed by atoms with E-state index in [1.807, 2.05) is 12.1 Å². The molecule has 17 aromatic rings. The molecule has 0 unspecified atom stereocenters. The smallest absolute Gasteiger partial charge is 0.252 e. The second kappa shape index (κ2) is 18.2. The topological polar surface area (TPSA) is 47.6 Å². The van der Waals surface area contributed by atoms with Crippen LogP contribution in [0, 0.1) is 0 Å². The summed E-state index contributed by atoms with van der Waals surface area (Å²) in [6.45, 7) is 6.83. The Morgan fingerprint density at radius 1 is 0.307 bits per heavy atom. The number of para-hydroxylation sites is 3. The van der Waals surface area contributed by atoms with Crippen LogP contribution in [0.25, 0.3) is 149 Å². The SMILES string of the molecule is CC(C)(C)c1cc(-c2cccc(-c3ccccc3)c2)c(N2c3cc4c(cc3B3c5c2cc(-c2ccccc2)cc5-n2c5cc6oc7ccccc7c6cc5c5cccc3c52)oc2cc3oc5ccccc5c3cc24)c(-c2cccc(-c3ccccc3)c2)c1. The lowest BCUT2D eigenvalue weighted by Crippen LogP contribution is -2.60. The van der Waals surface area contributed by atoms with Crippen LogP contribution >= 0.6 is 0 Å². The fourth-order valence-electron chi connectivity index (χ4n) is 14.9. The maximum Gasteiger partial charge on any atom is 0.252 e. The molecule has 0 radical (unpaired) electrons. The van der Waals surface area contributed by atoms with Crippen molar-refractivity contribution in [3.05, 3.63) is 272 Å². The molecule has 0 spiro atoms. The minimum absolute atomic E-state index is 0.202. The Hall–Kier alpha value is -11.1. The standard InChI is InChI=1S/C82H53BN2O3/c1-82(2,3)56-40-60(53-28-17-26-51(36-53)48-20-7-4-8-21-48)80(61(41-56)54-29-18-27-52(37-54)49-22-9-5-10-23-49)85-70-44-66-65-43-64-58-31-14-16-35-74(58)87-77(64)47-78(65)88-75(66)45-68(70)83-67-33-19-32-59-62-42-63-57-30-13-15-34-73(57)86-76(63)46-69(62)84(81(59)67)71-38-55(39-72(85)79(71)83)50-24-11-6-12-25-50/h4-47H,1-3H3. The van der Waals surface area contributed by atoms with Crippen LogP contribution in [0.3, 0.4) is 0 Å². The lowest BCUT2D eigenvalue weighted by molar-refractivity contribution is 0.591. The van der Waals surface area contributed by atoms with Gasteiger partial charge in [0, 0.05) is 88.9 Å². The third-order valence-corrected chi connectivity index (χ3v) is 19.1. The Bertz CT molecular complexity index is 5700. The van der Waals surface area contributed by atoms with Gasteiger partial charge in [0.1, 0.15) is 33.5 Å². The third-order valence-electron chi connectivity index (χ3n) is 19.1. The van der Waals surface area contributed by atoms with E-state index in [2.05, 4.69) is 285 Å². The quantitative estimate of drug-likeness (QED) is 0.156. The highest BCUT2D eigenvalue weighted by atomic mass is 16.3.